The van der Waals surface area contributed by atoms with Gasteiger partial charge in [-0.2, -0.15) is 0 Å². The number of benzene rings is 3. The van der Waals surface area contributed by atoms with Gasteiger partial charge in [0.1, 0.15) is 5.82 Å². The molecule has 4 aromatic rings. The van der Waals surface area contributed by atoms with E-state index in [1.807, 2.05) is 84.9 Å². The molecular weight excluding hydrogens is 366 g/mol. The summed E-state index contributed by atoms with van der Waals surface area (Å²) in [6, 6.07) is 27.9. The lowest BCUT2D eigenvalue weighted by molar-refractivity contribution is 0.682. The topological polar surface area (TPSA) is 54.9 Å². The summed E-state index contributed by atoms with van der Waals surface area (Å²) in [4.78, 5) is 9.56. The van der Waals surface area contributed by atoms with Crippen molar-refractivity contribution in [2.75, 3.05) is 17.3 Å². The molecule has 3 aromatic carbocycles. The third-order valence-electron chi connectivity index (χ3n) is 4.55. The molecule has 1 N–H and O–H groups in total. The van der Waals surface area contributed by atoms with Crippen molar-refractivity contribution in [2.24, 2.45) is 0 Å². The van der Waals surface area contributed by atoms with Crippen LogP contribution in [0, 0.1) is 0 Å². The fraction of sp³-hybridized carbons (Fsp3) is 0.130. The number of nitrogens with zero attached hydrogens (tertiary/aromatic N) is 2. The van der Waals surface area contributed by atoms with Crippen LogP contribution in [-0.4, -0.2) is 26.2 Å². The van der Waals surface area contributed by atoms with Crippen LogP contribution in [0.15, 0.2) is 84.9 Å². The van der Waals surface area contributed by atoms with Gasteiger partial charge in [-0.15, -0.1) is 0 Å². The van der Waals surface area contributed by atoms with E-state index in [2.05, 4.69) is 5.32 Å². The lowest BCUT2D eigenvalue weighted by Crippen LogP contribution is -2.19. The second-order valence-electron chi connectivity index (χ2n) is 6.63. The van der Waals surface area contributed by atoms with Gasteiger partial charge in [-0.25, -0.2) is 9.97 Å². The number of nitrogens with one attached hydrogen (secondary N) is 1. The van der Waals surface area contributed by atoms with Crippen molar-refractivity contribution in [1.29, 1.82) is 0 Å². The summed E-state index contributed by atoms with van der Waals surface area (Å²) < 4.78 is 12.0. The average Bonchev–Trinajstić information content (AvgIpc) is 2.74. The summed E-state index contributed by atoms with van der Waals surface area (Å²) in [6.07, 6.45) is 1.73. The predicted molar refractivity (Wildman–Crippen MR) is 117 cm³/mol. The maximum Gasteiger partial charge on any atom is 0.162 e. The van der Waals surface area contributed by atoms with Crippen LogP contribution in [-0.2, 0) is 10.8 Å². The second-order valence-corrected chi connectivity index (χ2v) is 8.11. The van der Waals surface area contributed by atoms with E-state index in [0.717, 1.165) is 27.8 Å². The number of rotatable bonds is 6. The van der Waals surface area contributed by atoms with Gasteiger partial charge in [0.2, 0.25) is 0 Å². The van der Waals surface area contributed by atoms with Crippen molar-refractivity contribution in [3.63, 3.8) is 0 Å². The first kappa shape index (κ1) is 18.3. The Kier molecular flexibility index (Phi) is 5.44. The zero-order valence-electron chi connectivity index (χ0n) is 15.6. The van der Waals surface area contributed by atoms with Gasteiger partial charge in [0.25, 0.3) is 0 Å². The van der Waals surface area contributed by atoms with Crippen molar-refractivity contribution in [3.05, 3.63) is 90.5 Å². The Bertz CT molecular complexity index is 1100. The Balaban J connectivity index is 1.81. The third-order valence-corrected chi connectivity index (χ3v) is 5.35. The molecule has 2 atom stereocenters. The van der Waals surface area contributed by atoms with Gasteiger partial charge in [-0.3, -0.25) is 4.21 Å². The van der Waals surface area contributed by atoms with Crippen LogP contribution >= 0.6 is 0 Å². The molecule has 0 aliphatic carbocycles. The molecule has 0 unspecified atom stereocenters. The van der Waals surface area contributed by atoms with Gasteiger partial charge in [-0.1, -0.05) is 72.8 Å². The van der Waals surface area contributed by atoms with Crippen molar-refractivity contribution < 1.29 is 4.21 Å². The van der Waals surface area contributed by atoms with Crippen LogP contribution in [0.1, 0.15) is 11.6 Å². The predicted octanol–water partition coefficient (Wildman–Crippen LogP) is 4.83. The lowest BCUT2D eigenvalue weighted by Gasteiger charge is -2.20. The molecule has 5 heteroatoms. The van der Waals surface area contributed by atoms with Gasteiger partial charge in [0.05, 0.1) is 11.6 Å². The minimum Gasteiger partial charge on any atom is -0.362 e. The summed E-state index contributed by atoms with van der Waals surface area (Å²) >= 11 is 0. The van der Waals surface area contributed by atoms with Gasteiger partial charge >= 0.3 is 0 Å². The van der Waals surface area contributed by atoms with Crippen molar-refractivity contribution >= 4 is 27.5 Å². The maximum atomic E-state index is 12.0. The fourth-order valence-electron chi connectivity index (χ4n) is 3.21. The summed E-state index contributed by atoms with van der Waals surface area (Å²) in [5, 5.41) is 4.48. The van der Waals surface area contributed by atoms with E-state index in [9.17, 15) is 4.21 Å². The quantitative estimate of drug-likeness (QED) is 0.515. The van der Waals surface area contributed by atoms with Gasteiger partial charge in [0, 0.05) is 33.8 Å². The molecule has 0 aliphatic heterocycles. The average molecular weight is 388 g/mol. The number of fused-ring (bicyclic) bond motifs is 1. The zero-order valence-corrected chi connectivity index (χ0v) is 16.4. The van der Waals surface area contributed by atoms with E-state index in [-0.39, 0.29) is 6.04 Å². The molecule has 0 amide bonds. The van der Waals surface area contributed by atoms with Crippen LogP contribution in [0.3, 0.4) is 0 Å². The molecule has 0 spiro atoms. The Labute approximate surface area is 167 Å². The minimum absolute atomic E-state index is 0.103. The number of hydrogen-bond acceptors (Lipinski definition) is 4. The Morgan fingerprint density at radius 1 is 0.857 bits per heavy atom. The van der Waals surface area contributed by atoms with Crippen molar-refractivity contribution in [2.45, 2.75) is 6.04 Å². The van der Waals surface area contributed by atoms with Crippen molar-refractivity contribution in [3.8, 4) is 11.4 Å². The van der Waals surface area contributed by atoms with Gasteiger partial charge in [0.15, 0.2) is 5.82 Å². The molecule has 140 valence electrons. The van der Waals surface area contributed by atoms with Crippen LogP contribution in [0.25, 0.3) is 22.3 Å². The molecule has 0 saturated heterocycles. The monoisotopic (exact) mass is 387 g/mol. The first-order valence-corrected chi connectivity index (χ1v) is 10.9. The van der Waals surface area contributed by atoms with Crippen LogP contribution < -0.4 is 5.32 Å². The molecule has 4 rings (SSSR count). The highest BCUT2D eigenvalue weighted by Gasteiger charge is 2.17. The first-order chi connectivity index (χ1) is 13.7. The molecule has 4 nitrogen and oxygen atoms in total. The van der Waals surface area contributed by atoms with E-state index >= 15 is 0 Å². The largest absolute Gasteiger partial charge is 0.362 e. The van der Waals surface area contributed by atoms with Crippen molar-refractivity contribution in [1.82, 2.24) is 9.97 Å². The molecule has 0 fully saturated rings. The summed E-state index contributed by atoms with van der Waals surface area (Å²) in [6.45, 7) is 0. The van der Waals surface area contributed by atoms with E-state index < -0.39 is 10.8 Å². The Morgan fingerprint density at radius 3 is 2.21 bits per heavy atom. The molecule has 28 heavy (non-hydrogen) atoms. The number of para-hydroxylation sites is 1. The molecule has 1 heterocycles. The maximum absolute atomic E-state index is 12.0. The van der Waals surface area contributed by atoms with Crippen LogP contribution in [0.4, 0.5) is 5.82 Å². The standard InChI is InChI=1S/C23H21N3OS/c1-28(27)16-21(17-10-4-2-5-11-17)25-23-19-14-8-9-15-20(19)24-22(26-23)18-12-6-3-7-13-18/h2-15,21H,16H2,1H3,(H,24,25,26)/t21-,28+/m0/s1. The van der Waals surface area contributed by atoms with E-state index in [0.29, 0.717) is 11.6 Å². The smallest absolute Gasteiger partial charge is 0.162 e. The molecule has 0 aliphatic rings. The number of aromatic nitrogens is 2. The highest BCUT2D eigenvalue weighted by molar-refractivity contribution is 7.84. The molecule has 0 saturated carbocycles. The first-order valence-electron chi connectivity index (χ1n) is 9.14. The minimum atomic E-state index is -0.951. The number of hydrogen-bond donors (Lipinski definition) is 1. The second kappa shape index (κ2) is 8.31. The summed E-state index contributed by atoms with van der Waals surface area (Å²) in [7, 11) is -0.951. The molecular formula is C23H21N3OS. The third kappa shape index (κ3) is 4.10. The zero-order chi connectivity index (χ0) is 19.3. The van der Waals surface area contributed by atoms with E-state index in [1.165, 1.54) is 0 Å². The van der Waals surface area contributed by atoms with Crippen LogP contribution in [0.2, 0.25) is 0 Å². The van der Waals surface area contributed by atoms with Crippen LogP contribution in [0.5, 0.6) is 0 Å². The summed E-state index contributed by atoms with van der Waals surface area (Å²) in [5.74, 6) is 1.93. The highest BCUT2D eigenvalue weighted by atomic mass is 32.2. The van der Waals surface area contributed by atoms with Gasteiger partial charge in [-0.05, 0) is 17.7 Å². The normalized spacial score (nSPS) is 13.2. The lowest BCUT2D eigenvalue weighted by atomic mass is 10.1. The summed E-state index contributed by atoms with van der Waals surface area (Å²) in [5.41, 5.74) is 2.93. The Morgan fingerprint density at radius 2 is 1.50 bits per heavy atom. The molecule has 0 radical (unpaired) electrons. The highest BCUT2D eigenvalue weighted by Crippen LogP contribution is 2.28. The fourth-order valence-corrected chi connectivity index (χ4v) is 3.95. The number of anilines is 1. The SMILES string of the molecule is C[S@@](=O)C[C@H](Nc1nc(-c2ccccc2)nc2ccccc12)c1ccccc1. The van der Waals surface area contributed by atoms with E-state index in [4.69, 9.17) is 9.97 Å². The van der Waals surface area contributed by atoms with E-state index in [1.54, 1.807) is 6.26 Å². The molecule has 1 aromatic heterocycles. The Hall–Kier alpha value is -3.05. The molecule has 0 bridgehead atoms. The van der Waals surface area contributed by atoms with Gasteiger partial charge < -0.3 is 5.32 Å².